The number of aryl methyl sites for hydroxylation is 1. The fourth-order valence-electron chi connectivity index (χ4n) is 4.76. The highest BCUT2D eigenvalue weighted by Gasteiger charge is 2.35. The fraction of sp³-hybridized carbons (Fsp3) is 0.321. The fourth-order valence-corrected chi connectivity index (χ4v) is 4.76. The van der Waals surface area contributed by atoms with Crippen LogP contribution in [0.25, 0.3) is 0 Å². The minimum Gasteiger partial charge on any atom is -0.457 e. The van der Waals surface area contributed by atoms with Gasteiger partial charge in [0.05, 0.1) is 5.69 Å². The lowest BCUT2D eigenvalue weighted by Crippen LogP contribution is -2.48. The van der Waals surface area contributed by atoms with Gasteiger partial charge in [-0.25, -0.2) is 0 Å². The second-order valence-electron chi connectivity index (χ2n) is 9.10. The third-order valence-corrected chi connectivity index (χ3v) is 6.26. The Morgan fingerprint density at radius 2 is 1.71 bits per heavy atom. The van der Waals surface area contributed by atoms with Crippen LogP contribution in [0.5, 0.6) is 11.5 Å². The minimum absolute atomic E-state index is 0.187. The van der Waals surface area contributed by atoms with Crippen LogP contribution in [-0.2, 0) is 0 Å². The first-order chi connectivity index (χ1) is 14.9. The van der Waals surface area contributed by atoms with Crippen LogP contribution in [0.2, 0.25) is 0 Å². The van der Waals surface area contributed by atoms with Gasteiger partial charge in [-0.05, 0) is 105 Å². The van der Waals surface area contributed by atoms with Gasteiger partial charge >= 0.3 is 0 Å². The molecule has 1 aliphatic rings. The first kappa shape index (κ1) is 21.2. The van der Waals surface area contributed by atoms with Crippen molar-refractivity contribution >= 4 is 17.6 Å². The average molecular weight is 413 g/mol. The molecule has 0 radical (unpaired) electrons. The van der Waals surface area contributed by atoms with E-state index in [-0.39, 0.29) is 5.54 Å². The molecule has 1 atom stereocenters. The van der Waals surface area contributed by atoms with E-state index in [4.69, 9.17) is 9.73 Å². The van der Waals surface area contributed by atoms with E-state index in [1.807, 2.05) is 60.8 Å². The Bertz CT molecular complexity index is 1070. The van der Waals surface area contributed by atoms with Crippen LogP contribution in [0, 0.1) is 6.92 Å². The summed E-state index contributed by atoms with van der Waals surface area (Å²) in [4.78, 5) is 7.28. The maximum atomic E-state index is 5.87. The van der Waals surface area contributed by atoms with Gasteiger partial charge in [-0.2, -0.15) is 0 Å². The minimum atomic E-state index is 0.187. The molecule has 3 heteroatoms. The van der Waals surface area contributed by atoms with Crippen LogP contribution in [0.4, 0.5) is 11.4 Å². The number of para-hydroxylation sites is 1. The van der Waals surface area contributed by atoms with Crippen LogP contribution in [0.3, 0.4) is 0 Å². The van der Waals surface area contributed by atoms with Crippen molar-refractivity contribution in [2.75, 3.05) is 11.4 Å². The molecule has 0 saturated heterocycles. The van der Waals surface area contributed by atoms with Gasteiger partial charge in [0.25, 0.3) is 0 Å². The molecule has 1 heterocycles. The molecule has 3 aromatic carbocycles. The number of anilines is 1. The Labute approximate surface area is 186 Å². The first-order valence-corrected chi connectivity index (χ1v) is 11.2. The molecule has 3 aromatic rings. The largest absolute Gasteiger partial charge is 0.457 e. The van der Waals surface area contributed by atoms with Crippen molar-refractivity contribution in [2.45, 2.75) is 52.5 Å². The summed E-state index contributed by atoms with van der Waals surface area (Å²) in [5, 5.41) is 0. The third-order valence-electron chi connectivity index (χ3n) is 6.26. The Morgan fingerprint density at radius 3 is 2.39 bits per heavy atom. The molecule has 4 rings (SSSR count). The van der Waals surface area contributed by atoms with Gasteiger partial charge in [0, 0.05) is 24.0 Å². The third kappa shape index (κ3) is 4.51. The van der Waals surface area contributed by atoms with Crippen LogP contribution < -0.4 is 9.64 Å². The van der Waals surface area contributed by atoms with Crippen LogP contribution in [0.15, 0.2) is 71.7 Å². The number of ether oxygens (including phenoxy) is 1. The summed E-state index contributed by atoms with van der Waals surface area (Å²) in [7, 11) is 0. The highest BCUT2D eigenvalue weighted by atomic mass is 16.5. The van der Waals surface area contributed by atoms with Crippen LogP contribution >= 0.6 is 0 Å². The summed E-state index contributed by atoms with van der Waals surface area (Å²) in [5.41, 5.74) is 6.36. The zero-order chi connectivity index (χ0) is 22.0. The Hall–Kier alpha value is -3.07. The van der Waals surface area contributed by atoms with Crippen LogP contribution in [0.1, 0.15) is 56.7 Å². The summed E-state index contributed by atoms with van der Waals surface area (Å²) in [6, 6.07) is 22.4. The molecule has 0 unspecified atom stereocenters. The van der Waals surface area contributed by atoms with Gasteiger partial charge in [0.2, 0.25) is 0 Å². The number of rotatable bonds is 5. The molecule has 0 fully saturated rings. The van der Waals surface area contributed by atoms with Gasteiger partial charge in [0.15, 0.2) is 0 Å². The summed E-state index contributed by atoms with van der Waals surface area (Å²) >= 11 is 0. The van der Waals surface area contributed by atoms with Gasteiger partial charge in [-0.15, -0.1) is 0 Å². The zero-order valence-electron chi connectivity index (χ0n) is 19.2. The number of nitrogens with zero attached hydrogens (tertiary/aromatic N) is 2. The molecule has 0 aliphatic carbocycles. The monoisotopic (exact) mass is 412 g/mol. The molecular weight excluding hydrogens is 380 g/mol. The van der Waals surface area contributed by atoms with Gasteiger partial charge in [-0.1, -0.05) is 25.1 Å². The Balaban J connectivity index is 1.55. The molecule has 1 aliphatic heterocycles. The van der Waals surface area contributed by atoms with Crippen molar-refractivity contribution in [1.82, 2.24) is 0 Å². The molecule has 0 saturated carbocycles. The molecule has 31 heavy (non-hydrogen) atoms. The first-order valence-electron chi connectivity index (χ1n) is 11.2. The van der Waals surface area contributed by atoms with Crippen molar-refractivity contribution in [3.63, 3.8) is 0 Å². The second kappa shape index (κ2) is 8.58. The standard InChI is InChI=1S/C28H32N2O/c1-6-30-27-16-20(2)22(17-26(27)21(3)18-28(30,4)5)19-29-23-12-14-25(15-13-23)31-24-10-8-7-9-11-24/h7-17,19,21H,6,18H2,1-5H3/t21-/m0/s1. The lowest BCUT2D eigenvalue weighted by atomic mass is 9.79. The lowest BCUT2D eigenvalue weighted by Gasteiger charge is -2.47. The van der Waals surface area contributed by atoms with Crippen LogP contribution in [-0.4, -0.2) is 18.3 Å². The summed E-state index contributed by atoms with van der Waals surface area (Å²) in [6.07, 6.45) is 3.15. The molecule has 3 nitrogen and oxygen atoms in total. The predicted octanol–water partition coefficient (Wildman–Crippen LogP) is 7.65. The second-order valence-corrected chi connectivity index (χ2v) is 9.10. The summed E-state index contributed by atoms with van der Waals surface area (Å²) in [5.74, 6) is 2.18. The molecule has 0 spiro atoms. The summed E-state index contributed by atoms with van der Waals surface area (Å²) < 4.78 is 5.87. The van der Waals surface area contributed by atoms with Crippen molar-refractivity contribution in [2.24, 2.45) is 4.99 Å². The maximum absolute atomic E-state index is 5.87. The smallest absolute Gasteiger partial charge is 0.127 e. The summed E-state index contributed by atoms with van der Waals surface area (Å²) in [6.45, 7) is 12.5. The molecular formula is C28H32N2O. The van der Waals surface area contributed by atoms with Crippen molar-refractivity contribution < 1.29 is 4.74 Å². The molecule has 0 N–H and O–H groups in total. The zero-order valence-corrected chi connectivity index (χ0v) is 19.2. The number of hydrogen-bond donors (Lipinski definition) is 0. The maximum Gasteiger partial charge on any atom is 0.127 e. The van der Waals surface area contributed by atoms with E-state index in [0.717, 1.165) is 30.2 Å². The van der Waals surface area contributed by atoms with E-state index in [0.29, 0.717) is 5.92 Å². The average Bonchev–Trinajstić information content (AvgIpc) is 2.74. The SMILES string of the molecule is CCN1c2cc(C)c(C=Nc3ccc(Oc4ccccc4)cc3)cc2[C@@H](C)CC1(C)C. The van der Waals surface area contributed by atoms with Crippen molar-refractivity contribution in [1.29, 1.82) is 0 Å². The molecule has 160 valence electrons. The lowest BCUT2D eigenvalue weighted by molar-refractivity contribution is 0.381. The van der Waals surface area contributed by atoms with Gasteiger partial charge in [-0.3, -0.25) is 4.99 Å². The van der Waals surface area contributed by atoms with E-state index in [1.165, 1.54) is 22.4 Å². The molecule has 0 amide bonds. The molecule has 0 aromatic heterocycles. The van der Waals surface area contributed by atoms with Crippen molar-refractivity contribution in [3.05, 3.63) is 83.4 Å². The van der Waals surface area contributed by atoms with Gasteiger partial charge < -0.3 is 9.64 Å². The van der Waals surface area contributed by atoms with E-state index in [9.17, 15) is 0 Å². The number of hydrogen-bond acceptors (Lipinski definition) is 3. The van der Waals surface area contributed by atoms with Gasteiger partial charge in [0.1, 0.15) is 11.5 Å². The highest BCUT2D eigenvalue weighted by molar-refractivity contribution is 5.86. The predicted molar refractivity (Wildman–Crippen MR) is 132 cm³/mol. The number of aliphatic imine (C=N–C) groups is 1. The van der Waals surface area contributed by atoms with E-state index in [2.05, 4.69) is 51.7 Å². The quantitative estimate of drug-likeness (QED) is 0.402. The van der Waals surface area contributed by atoms with E-state index >= 15 is 0 Å². The number of fused-ring (bicyclic) bond motifs is 1. The van der Waals surface area contributed by atoms with Crippen molar-refractivity contribution in [3.8, 4) is 11.5 Å². The normalized spacial score (nSPS) is 17.6. The highest BCUT2D eigenvalue weighted by Crippen LogP contribution is 2.44. The van der Waals surface area contributed by atoms with E-state index in [1.54, 1.807) is 0 Å². The number of benzene rings is 3. The van der Waals surface area contributed by atoms with E-state index < -0.39 is 0 Å². The molecule has 0 bridgehead atoms. The Kier molecular flexibility index (Phi) is 5.86. The Morgan fingerprint density at radius 1 is 1.03 bits per heavy atom. The topological polar surface area (TPSA) is 24.8 Å².